The van der Waals surface area contributed by atoms with Crippen LogP contribution < -0.4 is 10.1 Å². The van der Waals surface area contributed by atoms with Gasteiger partial charge in [0, 0.05) is 22.7 Å². The van der Waals surface area contributed by atoms with Crippen molar-refractivity contribution in [2.24, 2.45) is 5.10 Å². The zero-order valence-electron chi connectivity index (χ0n) is 15.2. The molecule has 1 atom stereocenters. The summed E-state index contributed by atoms with van der Waals surface area (Å²) < 4.78 is 46.3. The van der Waals surface area contributed by atoms with Gasteiger partial charge < -0.3 is 19.9 Å². The van der Waals surface area contributed by atoms with Crippen LogP contribution in [0, 0.1) is 0 Å². The van der Waals surface area contributed by atoms with E-state index in [1.807, 2.05) is 0 Å². The Morgan fingerprint density at radius 1 is 1.30 bits per heavy atom. The summed E-state index contributed by atoms with van der Waals surface area (Å²) in [4.78, 5) is 12.6. The lowest BCUT2D eigenvalue weighted by molar-refractivity contribution is -0.274. The summed E-state index contributed by atoms with van der Waals surface area (Å²) in [7, 11) is 0. The Labute approximate surface area is 173 Å². The molecule has 0 radical (unpaired) electrons. The van der Waals surface area contributed by atoms with Crippen molar-refractivity contribution in [2.45, 2.75) is 18.4 Å². The van der Waals surface area contributed by atoms with Crippen molar-refractivity contribution in [3.05, 3.63) is 58.6 Å². The Bertz CT molecular complexity index is 1010. The van der Waals surface area contributed by atoms with Crippen LogP contribution in [0.2, 0.25) is 5.02 Å². The molecule has 0 saturated heterocycles. The van der Waals surface area contributed by atoms with Gasteiger partial charge in [-0.15, -0.1) is 13.2 Å². The van der Waals surface area contributed by atoms with Crippen LogP contribution in [0.4, 0.5) is 23.7 Å². The number of hydrogen-bond donors (Lipinski definition) is 2. The highest BCUT2D eigenvalue weighted by Crippen LogP contribution is 2.37. The van der Waals surface area contributed by atoms with Crippen LogP contribution in [0.5, 0.6) is 5.75 Å². The Morgan fingerprint density at radius 2 is 2.03 bits per heavy atom. The normalized spacial score (nSPS) is 20.3. The van der Waals surface area contributed by atoms with Gasteiger partial charge >= 0.3 is 12.4 Å². The summed E-state index contributed by atoms with van der Waals surface area (Å²) >= 11 is 6.04. The molecular weight excluding hydrogens is 427 g/mol. The summed E-state index contributed by atoms with van der Waals surface area (Å²) in [5.74, 6) is -0.406. The molecule has 0 aromatic heterocycles. The molecule has 1 aliphatic carbocycles. The van der Waals surface area contributed by atoms with E-state index in [2.05, 4.69) is 15.2 Å². The number of aliphatic hydroxyl groups excluding tert-OH is 1. The lowest BCUT2D eigenvalue weighted by Gasteiger charge is -2.35. The smallest absolute Gasteiger partial charge is 0.406 e. The van der Waals surface area contributed by atoms with Gasteiger partial charge in [-0.2, -0.15) is 10.1 Å². The van der Waals surface area contributed by atoms with Crippen LogP contribution in [-0.4, -0.2) is 47.2 Å². The average Bonchev–Trinajstić information content (AvgIpc) is 3.01. The minimum Gasteiger partial charge on any atom is -0.406 e. The molecule has 2 N–H and O–H groups in total. The second kappa shape index (κ2) is 7.46. The third kappa shape index (κ3) is 3.93. The number of hydrogen-bond acceptors (Lipinski definition) is 5. The van der Waals surface area contributed by atoms with E-state index >= 15 is 0 Å². The third-order valence-electron chi connectivity index (χ3n) is 4.74. The molecule has 2 aromatic carbocycles. The second-order valence-electron chi connectivity index (χ2n) is 6.75. The van der Waals surface area contributed by atoms with E-state index in [0.29, 0.717) is 17.2 Å². The number of nitrogens with zero attached hydrogens (tertiary/aromatic N) is 2. The van der Waals surface area contributed by atoms with Crippen molar-refractivity contribution >= 4 is 29.0 Å². The van der Waals surface area contributed by atoms with Crippen LogP contribution >= 0.6 is 11.6 Å². The Morgan fingerprint density at radius 3 is 2.70 bits per heavy atom. The summed E-state index contributed by atoms with van der Waals surface area (Å²) in [5, 5.41) is 18.4. The van der Waals surface area contributed by atoms with E-state index in [-0.39, 0.29) is 19.0 Å². The first-order valence-corrected chi connectivity index (χ1v) is 9.14. The minimum atomic E-state index is -4.80. The van der Waals surface area contributed by atoms with E-state index in [4.69, 9.17) is 16.3 Å². The first-order chi connectivity index (χ1) is 14.2. The third-order valence-corrected chi connectivity index (χ3v) is 4.98. The number of ether oxygens (including phenoxy) is 2. The maximum atomic E-state index is 12.6. The number of aliphatic hydroxyl groups is 1. The molecule has 11 heteroatoms. The molecule has 30 heavy (non-hydrogen) atoms. The summed E-state index contributed by atoms with van der Waals surface area (Å²) in [6.45, 7) is -0.541. The molecule has 4 rings (SSSR count). The number of benzene rings is 2. The first kappa shape index (κ1) is 20.5. The van der Waals surface area contributed by atoms with Gasteiger partial charge in [0.2, 0.25) is 0 Å². The number of carbonyl (C=O) groups is 1. The van der Waals surface area contributed by atoms with E-state index in [0.717, 1.165) is 28.3 Å². The molecule has 2 aromatic rings. The molecule has 158 valence electrons. The Balaban J connectivity index is 1.52. The number of alkyl halides is 3. The quantitative estimate of drug-likeness (QED) is 0.760. The Kier molecular flexibility index (Phi) is 5.08. The molecule has 0 spiro atoms. The van der Waals surface area contributed by atoms with Crippen molar-refractivity contribution in [3.63, 3.8) is 0 Å². The minimum absolute atomic E-state index is 0.215. The molecule has 1 heterocycles. The largest absolute Gasteiger partial charge is 0.573 e. The number of amides is 2. The summed E-state index contributed by atoms with van der Waals surface area (Å²) in [6, 6.07) is 9.22. The highest BCUT2D eigenvalue weighted by atomic mass is 35.5. The monoisotopic (exact) mass is 441 g/mol. The molecule has 0 saturated carbocycles. The number of anilines is 1. The van der Waals surface area contributed by atoms with Gasteiger partial charge in [0.25, 0.3) is 0 Å². The Hall–Kier alpha value is -2.82. The standard InChI is InChI=1S/C19H15ClF3N3O4/c20-12-1-6-15-11(7-12)8-18(9-27)16(15)25-26(10-29-18)17(28)24-13-2-4-14(5-3-13)30-19(21,22)23/h1-7,27H,8-10H2,(H,24,28). The zero-order valence-corrected chi connectivity index (χ0v) is 16.0. The van der Waals surface area contributed by atoms with Gasteiger partial charge in [-0.3, -0.25) is 0 Å². The van der Waals surface area contributed by atoms with Crippen LogP contribution in [-0.2, 0) is 11.2 Å². The number of carbonyl (C=O) groups excluding carboxylic acids is 1. The van der Waals surface area contributed by atoms with Crippen molar-refractivity contribution in [1.82, 2.24) is 5.01 Å². The van der Waals surface area contributed by atoms with Gasteiger partial charge in [-0.25, -0.2) is 4.79 Å². The first-order valence-electron chi connectivity index (χ1n) is 8.76. The molecule has 0 bridgehead atoms. The summed E-state index contributed by atoms with van der Waals surface area (Å²) in [6.07, 6.45) is -4.43. The number of rotatable bonds is 3. The lowest BCUT2D eigenvalue weighted by atomic mass is 9.99. The molecular formula is C19H15ClF3N3O4. The second-order valence-corrected chi connectivity index (χ2v) is 7.19. The fraction of sp³-hybridized carbons (Fsp3) is 0.263. The van der Waals surface area contributed by atoms with E-state index in [1.165, 1.54) is 12.1 Å². The summed E-state index contributed by atoms with van der Waals surface area (Å²) in [5.41, 5.74) is 1.16. The van der Waals surface area contributed by atoms with Gasteiger partial charge in [-0.05, 0) is 42.0 Å². The molecule has 1 unspecified atom stereocenters. The van der Waals surface area contributed by atoms with Crippen molar-refractivity contribution in [1.29, 1.82) is 0 Å². The lowest BCUT2D eigenvalue weighted by Crippen LogP contribution is -2.52. The van der Waals surface area contributed by atoms with Gasteiger partial charge in [0.15, 0.2) is 0 Å². The predicted octanol–water partition coefficient (Wildman–Crippen LogP) is 3.75. The maximum absolute atomic E-state index is 12.6. The number of hydrazone groups is 1. The maximum Gasteiger partial charge on any atom is 0.573 e. The molecule has 2 amide bonds. The SMILES string of the molecule is O=C(Nc1ccc(OC(F)(F)F)cc1)N1COC2(CO)Cc3cc(Cl)ccc3C2=N1. The molecule has 1 aliphatic heterocycles. The van der Waals surface area contributed by atoms with E-state index in [1.54, 1.807) is 18.2 Å². The van der Waals surface area contributed by atoms with Crippen molar-refractivity contribution in [2.75, 3.05) is 18.7 Å². The highest BCUT2D eigenvalue weighted by molar-refractivity contribution is 6.31. The highest BCUT2D eigenvalue weighted by Gasteiger charge is 2.48. The van der Waals surface area contributed by atoms with Crippen LogP contribution in [0.15, 0.2) is 47.6 Å². The number of urea groups is 1. The zero-order chi connectivity index (χ0) is 21.5. The number of fused-ring (bicyclic) bond motifs is 3. The van der Waals surface area contributed by atoms with Gasteiger partial charge in [-0.1, -0.05) is 17.7 Å². The fourth-order valence-electron chi connectivity index (χ4n) is 3.38. The van der Waals surface area contributed by atoms with Crippen LogP contribution in [0.1, 0.15) is 11.1 Å². The van der Waals surface area contributed by atoms with E-state index in [9.17, 15) is 23.1 Å². The fourth-order valence-corrected chi connectivity index (χ4v) is 3.58. The van der Waals surface area contributed by atoms with Crippen LogP contribution in [0.3, 0.4) is 0 Å². The predicted molar refractivity (Wildman–Crippen MR) is 101 cm³/mol. The van der Waals surface area contributed by atoms with E-state index < -0.39 is 23.7 Å². The van der Waals surface area contributed by atoms with Gasteiger partial charge in [0.1, 0.15) is 23.8 Å². The molecule has 7 nitrogen and oxygen atoms in total. The molecule has 2 aliphatic rings. The number of nitrogens with one attached hydrogen (secondary N) is 1. The topological polar surface area (TPSA) is 83.4 Å². The van der Waals surface area contributed by atoms with Crippen molar-refractivity contribution < 1.29 is 32.5 Å². The van der Waals surface area contributed by atoms with Crippen LogP contribution in [0.25, 0.3) is 0 Å². The van der Waals surface area contributed by atoms with Crippen molar-refractivity contribution in [3.8, 4) is 5.75 Å². The number of halogens is 4. The average molecular weight is 442 g/mol. The van der Waals surface area contributed by atoms with Gasteiger partial charge in [0.05, 0.1) is 6.61 Å². The molecule has 0 fully saturated rings.